The normalized spacial score (nSPS) is 13.0. The van der Waals surface area contributed by atoms with Crippen molar-refractivity contribution in [3.8, 4) is 0 Å². The third-order valence-electron chi connectivity index (χ3n) is 3.31. The summed E-state index contributed by atoms with van der Waals surface area (Å²) >= 11 is 1.46. The molecule has 1 heterocycles. The second-order valence-electron chi connectivity index (χ2n) is 4.73. The third-order valence-corrected chi connectivity index (χ3v) is 4.38. The molecule has 0 saturated heterocycles. The van der Waals surface area contributed by atoms with Crippen molar-refractivity contribution >= 4 is 33.8 Å². The van der Waals surface area contributed by atoms with Gasteiger partial charge in [0.25, 0.3) is 11.6 Å². The van der Waals surface area contributed by atoms with Crippen LogP contribution in [-0.2, 0) is 12.8 Å². The highest BCUT2D eigenvalue weighted by atomic mass is 32.1. The molecule has 0 saturated carbocycles. The number of thiazole rings is 1. The molecular weight excluding hydrogens is 292 g/mol. The van der Waals surface area contributed by atoms with Crippen LogP contribution < -0.4 is 11.1 Å². The van der Waals surface area contributed by atoms with Gasteiger partial charge in [0, 0.05) is 16.5 Å². The largest absolute Gasteiger partial charge is 0.393 e. The zero-order valence-corrected chi connectivity index (χ0v) is 11.8. The van der Waals surface area contributed by atoms with E-state index in [0.29, 0.717) is 5.13 Å². The lowest BCUT2D eigenvalue weighted by molar-refractivity contribution is -0.383. The van der Waals surface area contributed by atoms with E-state index >= 15 is 0 Å². The number of nitrogen functional groups attached to an aromatic ring is 1. The number of nitro groups is 1. The number of fused-ring (bicyclic) bond motifs is 1. The number of hydrogen-bond donors (Lipinski definition) is 2. The van der Waals surface area contributed by atoms with Crippen LogP contribution in [0.25, 0.3) is 0 Å². The molecule has 8 heteroatoms. The Balaban J connectivity index is 1.81. The van der Waals surface area contributed by atoms with Gasteiger partial charge in [0.1, 0.15) is 5.69 Å². The Labute approximate surface area is 124 Å². The molecule has 1 amide bonds. The summed E-state index contributed by atoms with van der Waals surface area (Å²) in [6.45, 7) is 0. The topological polar surface area (TPSA) is 111 Å². The van der Waals surface area contributed by atoms with Crippen LogP contribution in [0.15, 0.2) is 18.2 Å². The summed E-state index contributed by atoms with van der Waals surface area (Å²) in [6, 6.07) is 3.99. The number of anilines is 2. The SMILES string of the molecule is Nc1ccc(C(=O)Nc2nc3c(s2)CCC3)cc1[N+](=O)[O-]. The maximum atomic E-state index is 12.1. The quantitative estimate of drug-likeness (QED) is 0.513. The number of carbonyl (C=O) groups excluding carboxylic acids is 1. The van der Waals surface area contributed by atoms with E-state index in [1.165, 1.54) is 34.4 Å². The summed E-state index contributed by atoms with van der Waals surface area (Å²) in [5.74, 6) is -0.425. The Kier molecular flexibility index (Phi) is 3.30. The first-order valence-electron chi connectivity index (χ1n) is 6.38. The van der Waals surface area contributed by atoms with Crippen LogP contribution in [0, 0.1) is 10.1 Å². The number of aromatic nitrogens is 1. The molecule has 3 N–H and O–H groups in total. The van der Waals surface area contributed by atoms with Gasteiger partial charge in [-0.25, -0.2) is 4.98 Å². The summed E-state index contributed by atoms with van der Waals surface area (Å²) in [5.41, 5.74) is 6.49. The Morgan fingerprint density at radius 3 is 2.95 bits per heavy atom. The molecule has 0 atom stereocenters. The van der Waals surface area contributed by atoms with E-state index in [2.05, 4.69) is 10.3 Å². The number of nitrogens with zero attached hydrogens (tertiary/aromatic N) is 2. The van der Waals surface area contributed by atoms with Gasteiger partial charge in [-0.3, -0.25) is 20.2 Å². The zero-order chi connectivity index (χ0) is 15.0. The Morgan fingerprint density at radius 2 is 2.24 bits per heavy atom. The van der Waals surface area contributed by atoms with Gasteiger partial charge in [0.05, 0.1) is 10.6 Å². The lowest BCUT2D eigenvalue weighted by Gasteiger charge is -2.03. The van der Waals surface area contributed by atoms with Crippen LogP contribution in [0.5, 0.6) is 0 Å². The van der Waals surface area contributed by atoms with E-state index in [4.69, 9.17) is 5.73 Å². The first-order valence-corrected chi connectivity index (χ1v) is 7.20. The molecule has 21 heavy (non-hydrogen) atoms. The second kappa shape index (κ2) is 5.13. The predicted molar refractivity (Wildman–Crippen MR) is 79.6 cm³/mol. The first kappa shape index (κ1) is 13.5. The van der Waals surface area contributed by atoms with Gasteiger partial charge in [0.15, 0.2) is 5.13 Å². The van der Waals surface area contributed by atoms with Gasteiger partial charge in [0.2, 0.25) is 0 Å². The summed E-state index contributed by atoms with van der Waals surface area (Å²) in [6.07, 6.45) is 3.04. The van der Waals surface area contributed by atoms with Crippen molar-refractivity contribution < 1.29 is 9.72 Å². The van der Waals surface area contributed by atoms with Gasteiger partial charge >= 0.3 is 0 Å². The standard InChI is InChI=1S/C13H12N4O3S/c14-8-5-4-7(6-10(8)17(19)20)12(18)16-13-15-9-2-1-3-11(9)21-13/h4-6H,1-3,14H2,(H,15,16,18). The minimum Gasteiger partial charge on any atom is -0.393 e. The fraction of sp³-hybridized carbons (Fsp3) is 0.231. The fourth-order valence-electron chi connectivity index (χ4n) is 2.26. The lowest BCUT2D eigenvalue weighted by atomic mass is 10.1. The Bertz CT molecular complexity index is 720. The second-order valence-corrected chi connectivity index (χ2v) is 5.81. The number of amides is 1. The zero-order valence-electron chi connectivity index (χ0n) is 11.0. The minimum atomic E-state index is -0.607. The van der Waals surface area contributed by atoms with Gasteiger partial charge in [-0.15, -0.1) is 11.3 Å². The highest BCUT2D eigenvalue weighted by Gasteiger charge is 2.20. The predicted octanol–water partition coefficient (Wildman–Crippen LogP) is 2.37. The third kappa shape index (κ3) is 2.57. The number of aryl methyl sites for hydroxylation is 2. The summed E-state index contributed by atoms with van der Waals surface area (Å²) in [5, 5.41) is 14.0. The lowest BCUT2D eigenvalue weighted by Crippen LogP contribution is -2.12. The summed E-state index contributed by atoms with van der Waals surface area (Å²) in [7, 11) is 0. The van der Waals surface area contributed by atoms with Crippen molar-refractivity contribution in [3.63, 3.8) is 0 Å². The molecule has 0 radical (unpaired) electrons. The first-order chi connectivity index (χ1) is 10.0. The number of nitrogens with one attached hydrogen (secondary N) is 1. The van der Waals surface area contributed by atoms with E-state index in [1.807, 2.05) is 0 Å². The molecular formula is C13H12N4O3S. The van der Waals surface area contributed by atoms with Crippen molar-refractivity contribution in [2.24, 2.45) is 0 Å². The van der Waals surface area contributed by atoms with Crippen molar-refractivity contribution in [1.82, 2.24) is 4.98 Å². The van der Waals surface area contributed by atoms with Crippen LogP contribution >= 0.6 is 11.3 Å². The monoisotopic (exact) mass is 304 g/mol. The smallest absolute Gasteiger partial charge is 0.292 e. The van der Waals surface area contributed by atoms with Gasteiger partial charge < -0.3 is 5.73 Å². The number of hydrogen-bond acceptors (Lipinski definition) is 6. The molecule has 2 aromatic rings. The molecule has 1 aliphatic rings. The van der Waals surface area contributed by atoms with Crippen LogP contribution in [0.1, 0.15) is 27.3 Å². The van der Waals surface area contributed by atoms with E-state index in [1.54, 1.807) is 0 Å². The molecule has 1 aromatic carbocycles. The van der Waals surface area contributed by atoms with Crippen molar-refractivity contribution in [2.75, 3.05) is 11.1 Å². The highest BCUT2D eigenvalue weighted by Crippen LogP contribution is 2.31. The molecule has 108 valence electrons. The maximum Gasteiger partial charge on any atom is 0.292 e. The molecule has 1 aromatic heterocycles. The molecule has 0 spiro atoms. The molecule has 1 aliphatic carbocycles. The van der Waals surface area contributed by atoms with E-state index in [0.717, 1.165) is 25.0 Å². The van der Waals surface area contributed by atoms with Gasteiger partial charge in [-0.05, 0) is 31.4 Å². The molecule has 0 bridgehead atoms. The van der Waals surface area contributed by atoms with Gasteiger partial charge in [-0.2, -0.15) is 0 Å². The molecule has 3 rings (SSSR count). The van der Waals surface area contributed by atoms with Crippen LogP contribution in [-0.4, -0.2) is 15.8 Å². The average Bonchev–Trinajstić information content (AvgIpc) is 2.99. The number of carbonyl (C=O) groups is 1. The fourth-order valence-corrected chi connectivity index (χ4v) is 3.30. The van der Waals surface area contributed by atoms with Gasteiger partial charge in [-0.1, -0.05) is 0 Å². The van der Waals surface area contributed by atoms with Crippen molar-refractivity contribution in [2.45, 2.75) is 19.3 Å². The van der Waals surface area contributed by atoms with Crippen LogP contribution in [0.3, 0.4) is 0 Å². The van der Waals surface area contributed by atoms with Crippen molar-refractivity contribution in [3.05, 3.63) is 44.4 Å². The highest BCUT2D eigenvalue weighted by molar-refractivity contribution is 7.15. The van der Waals surface area contributed by atoms with Crippen LogP contribution in [0.2, 0.25) is 0 Å². The number of benzene rings is 1. The molecule has 7 nitrogen and oxygen atoms in total. The summed E-state index contributed by atoms with van der Waals surface area (Å²) < 4.78 is 0. The van der Waals surface area contributed by atoms with Crippen LogP contribution in [0.4, 0.5) is 16.5 Å². The summed E-state index contributed by atoms with van der Waals surface area (Å²) in [4.78, 5) is 27.9. The van der Waals surface area contributed by atoms with Crippen molar-refractivity contribution in [1.29, 1.82) is 0 Å². The number of rotatable bonds is 3. The minimum absolute atomic E-state index is 0.0322. The maximum absolute atomic E-state index is 12.1. The molecule has 0 unspecified atom stereocenters. The van der Waals surface area contributed by atoms with E-state index in [-0.39, 0.29) is 16.9 Å². The number of nitrogens with two attached hydrogens (primary N) is 1. The number of nitro benzene ring substituents is 1. The Morgan fingerprint density at radius 1 is 1.43 bits per heavy atom. The van der Waals surface area contributed by atoms with E-state index < -0.39 is 10.8 Å². The Hall–Kier alpha value is -2.48. The van der Waals surface area contributed by atoms with E-state index in [9.17, 15) is 14.9 Å². The average molecular weight is 304 g/mol. The molecule has 0 aliphatic heterocycles. The molecule has 0 fully saturated rings.